The highest BCUT2D eigenvalue weighted by Gasteiger charge is 2.09. The zero-order valence-electron chi connectivity index (χ0n) is 9.28. The van der Waals surface area contributed by atoms with Crippen LogP contribution in [0.25, 0.3) is 11.0 Å². The maximum Gasteiger partial charge on any atom is 0.335 e. The summed E-state index contributed by atoms with van der Waals surface area (Å²) >= 11 is 1.66. The number of hydrogen-bond acceptors (Lipinski definition) is 4. The summed E-state index contributed by atoms with van der Waals surface area (Å²) in [5.41, 5.74) is 1.67. The summed E-state index contributed by atoms with van der Waals surface area (Å²) in [7, 11) is 0. The third-order valence-electron chi connectivity index (χ3n) is 2.65. The number of benzene rings is 1. The number of carboxylic acids is 1. The smallest absolute Gasteiger partial charge is 0.335 e. The van der Waals surface area contributed by atoms with Gasteiger partial charge < -0.3 is 5.11 Å². The maximum absolute atomic E-state index is 10.9. The van der Waals surface area contributed by atoms with Crippen molar-refractivity contribution in [2.24, 2.45) is 0 Å². The van der Waals surface area contributed by atoms with E-state index < -0.39 is 5.97 Å². The fourth-order valence-corrected chi connectivity index (χ4v) is 2.46. The molecule has 0 fully saturated rings. The van der Waals surface area contributed by atoms with Gasteiger partial charge in [0.25, 0.3) is 0 Å². The maximum atomic E-state index is 10.9. The van der Waals surface area contributed by atoms with Crippen molar-refractivity contribution < 1.29 is 9.90 Å². The first-order valence-corrected chi connectivity index (χ1v) is 6.21. The minimum absolute atomic E-state index is 0.227. The van der Waals surface area contributed by atoms with Crippen LogP contribution < -0.4 is 0 Å². The molecule has 2 heterocycles. The summed E-state index contributed by atoms with van der Waals surface area (Å²) in [6.07, 6.45) is 0. The van der Waals surface area contributed by atoms with Gasteiger partial charge in [0.15, 0.2) is 0 Å². The second-order valence-corrected chi connectivity index (χ2v) is 4.87. The molecule has 2 aromatic heterocycles. The topological polar surface area (TPSA) is 68.0 Å². The van der Waals surface area contributed by atoms with Crippen molar-refractivity contribution in [2.45, 2.75) is 6.54 Å². The third kappa shape index (κ3) is 1.86. The Balaban J connectivity index is 2.02. The third-order valence-corrected chi connectivity index (χ3v) is 3.51. The van der Waals surface area contributed by atoms with Crippen molar-refractivity contribution >= 4 is 28.3 Å². The van der Waals surface area contributed by atoms with Crippen molar-refractivity contribution in [2.75, 3.05) is 0 Å². The van der Waals surface area contributed by atoms with Crippen molar-refractivity contribution in [1.82, 2.24) is 15.0 Å². The first kappa shape index (κ1) is 10.9. The van der Waals surface area contributed by atoms with E-state index in [1.165, 1.54) is 10.9 Å². The molecule has 0 saturated carbocycles. The molecular weight excluding hydrogens is 250 g/mol. The monoisotopic (exact) mass is 259 g/mol. The average molecular weight is 259 g/mol. The molecule has 0 radical (unpaired) electrons. The van der Waals surface area contributed by atoms with Gasteiger partial charge >= 0.3 is 5.97 Å². The van der Waals surface area contributed by atoms with E-state index >= 15 is 0 Å². The van der Waals surface area contributed by atoms with E-state index in [-0.39, 0.29) is 5.56 Å². The highest BCUT2D eigenvalue weighted by atomic mass is 32.1. The molecule has 6 heteroatoms. The van der Waals surface area contributed by atoms with Crippen molar-refractivity contribution in [3.8, 4) is 0 Å². The summed E-state index contributed by atoms with van der Waals surface area (Å²) in [6, 6.07) is 8.87. The van der Waals surface area contributed by atoms with Crippen molar-refractivity contribution in [3.05, 3.63) is 46.2 Å². The second kappa shape index (κ2) is 4.23. The Bertz CT molecular complexity index is 703. The van der Waals surface area contributed by atoms with E-state index in [1.807, 2.05) is 17.5 Å². The van der Waals surface area contributed by atoms with Crippen LogP contribution in [0.1, 0.15) is 15.2 Å². The Morgan fingerprint density at radius 3 is 3.00 bits per heavy atom. The number of nitrogens with zero attached hydrogens (tertiary/aromatic N) is 3. The first-order chi connectivity index (χ1) is 8.74. The van der Waals surface area contributed by atoms with Gasteiger partial charge in [0.05, 0.1) is 17.6 Å². The van der Waals surface area contributed by atoms with Crippen LogP contribution in [0.5, 0.6) is 0 Å². The Hall–Kier alpha value is -2.21. The van der Waals surface area contributed by atoms with Crippen molar-refractivity contribution in [1.29, 1.82) is 0 Å². The Labute approximate surface area is 106 Å². The first-order valence-electron chi connectivity index (χ1n) is 5.33. The summed E-state index contributed by atoms with van der Waals surface area (Å²) in [5.74, 6) is -0.954. The van der Waals surface area contributed by atoms with E-state index in [2.05, 4.69) is 10.3 Å². The van der Waals surface area contributed by atoms with Gasteiger partial charge in [-0.1, -0.05) is 11.3 Å². The Morgan fingerprint density at radius 1 is 1.39 bits per heavy atom. The zero-order chi connectivity index (χ0) is 12.5. The number of fused-ring (bicyclic) bond motifs is 1. The van der Waals surface area contributed by atoms with Crippen LogP contribution in [-0.2, 0) is 6.54 Å². The molecule has 1 N–H and O–H groups in total. The minimum atomic E-state index is -0.954. The van der Waals surface area contributed by atoms with Crippen LogP contribution in [0.4, 0.5) is 0 Å². The molecule has 0 spiro atoms. The van der Waals surface area contributed by atoms with E-state index in [0.29, 0.717) is 12.1 Å². The summed E-state index contributed by atoms with van der Waals surface area (Å²) in [6.45, 7) is 0.653. The molecule has 0 bridgehead atoms. The van der Waals surface area contributed by atoms with Gasteiger partial charge in [0.2, 0.25) is 0 Å². The van der Waals surface area contributed by atoms with Gasteiger partial charge in [-0.15, -0.1) is 16.4 Å². The molecule has 0 saturated heterocycles. The molecule has 5 nitrogen and oxygen atoms in total. The van der Waals surface area contributed by atoms with Gasteiger partial charge in [-0.25, -0.2) is 9.48 Å². The Kier molecular flexibility index (Phi) is 2.56. The predicted molar refractivity (Wildman–Crippen MR) is 67.9 cm³/mol. The minimum Gasteiger partial charge on any atom is -0.478 e. The molecule has 1 aromatic carbocycles. The van der Waals surface area contributed by atoms with E-state index in [9.17, 15) is 4.79 Å². The van der Waals surface area contributed by atoms with Crippen LogP contribution in [0.2, 0.25) is 0 Å². The van der Waals surface area contributed by atoms with Crippen LogP contribution in [-0.4, -0.2) is 26.1 Å². The largest absolute Gasteiger partial charge is 0.478 e. The number of carbonyl (C=O) groups is 1. The highest BCUT2D eigenvalue weighted by molar-refractivity contribution is 7.09. The zero-order valence-corrected chi connectivity index (χ0v) is 10.1. The van der Waals surface area contributed by atoms with Gasteiger partial charge in [-0.05, 0) is 29.6 Å². The molecule has 18 heavy (non-hydrogen) atoms. The molecular formula is C12H9N3O2S. The lowest BCUT2D eigenvalue weighted by Gasteiger charge is -1.99. The normalized spacial score (nSPS) is 10.9. The van der Waals surface area contributed by atoms with Crippen LogP contribution >= 0.6 is 11.3 Å². The molecule has 0 amide bonds. The quantitative estimate of drug-likeness (QED) is 0.783. The summed E-state index contributed by atoms with van der Waals surface area (Å²) < 4.78 is 1.77. The number of thiophene rings is 1. The Morgan fingerprint density at radius 2 is 2.28 bits per heavy atom. The van der Waals surface area contributed by atoms with Gasteiger partial charge in [-0.3, -0.25) is 0 Å². The van der Waals surface area contributed by atoms with Gasteiger partial charge in [0.1, 0.15) is 5.52 Å². The molecule has 90 valence electrons. The van der Waals surface area contributed by atoms with Crippen molar-refractivity contribution in [3.63, 3.8) is 0 Å². The molecule has 0 aliphatic carbocycles. The van der Waals surface area contributed by atoms with Gasteiger partial charge in [-0.2, -0.15) is 0 Å². The van der Waals surface area contributed by atoms with E-state index in [0.717, 1.165) is 5.52 Å². The molecule has 3 aromatic rings. The lowest BCUT2D eigenvalue weighted by molar-refractivity contribution is 0.0697. The number of aromatic carboxylic acids is 1. The molecule has 0 aliphatic heterocycles. The highest BCUT2D eigenvalue weighted by Crippen LogP contribution is 2.16. The summed E-state index contributed by atoms with van der Waals surface area (Å²) in [4.78, 5) is 12.0. The average Bonchev–Trinajstić information content (AvgIpc) is 2.99. The second-order valence-electron chi connectivity index (χ2n) is 3.84. The predicted octanol–water partition coefficient (Wildman–Crippen LogP) is 2.24. The van der Waals surface area contributed by atoms with Crippen LogP contribution in [0.15, 0.2) is 35.7 Å². The number of carboxylic acid groups (broad SMARTS) is 1. The fraction of sp³-hybridized carbons (Fsp3) is 0.0833. The number of hydrogen-bond donors (Lipinski definition) is 1. The SMILES string of the molecule is O=C(O)c1ccc2c(c1)nnn2Cc1cccs1. The summed E-state index contributed by atoms with van der Waals surface area (Å²) in [5, 5.41) is 19.0. The lowest BCUT2D eigenvalue weighted by Crippen LogP contribution is -2.00. The molecule has 0 atom stereocenters. The lowest BCUT2D eigenvalue weighted by atomic mass is 10.2. The van der Waals surface area contributed by atoms with E-state index in [1.54, 1.807) is 28.2 Å². The molecule has 0 unspecified atom stereocenters. The number of aromatic nitrogens is 3. The van der Waals surface area contributed by atoms with Crippen LogP contribution in [0, 0.1) is 0 Å². The molecule has 3 rings (SSSR count). The fourth-order valence-electron chi connectivity index (χ4n) is 1.77. The standard InChI is InChI=1S/C12H9N3O2S/c16-12(17)8-3-4-11-10(6-8)13-14-15(11)7-9-2-1-5-18-9/h1-6H,7H2,(H,16,17). The van der Waals surface area contributed by atoms with Crippen LogP contribution in [0.3, 0.4) is 0 Å². The number of rotatable bonds is 3. The van der Waals surface area contributed by atoms with Gasteiger partial charge in [0, 0.05) is 4.88 Å². The molecule has 0 aliphatic rings. The van der Waals surface area contributed by atoms with E-state index in [4.69, 9.17) is 5.11 Å².